The highest BCUT2D eigenvalue weighted by Gasteiger charge is 2.42. The van der Waals surface area contributed by atoms with E-state index in [-0.39, 0.29) is 11.8 Å². The van der Waals surface area contributed by atoms with Crippen LogP contribution in [0.5, 0.6) is 0 Å². The van der Waals surface area contributed by atoms with Crippen molar-refractivity contribution in [2.24, 2.45) is 5.41 Å². The number of amides is 2. The summed E-state index contributed by atoms with van der Waals surface area (Å²) < 4.78 is 0. The van der Waals surface area contributed by atoms with Crippen LogP contribution in [0.3, 0.4) is 0 Å². The first-order valence-corrected chi connectivity index (χ1v) is 11.0. The normalized spacial score (nSPS) is 19.4. The molecule has 2 heterocycles. The van der Waals surface area contributed by atoms with Gasteiger partial charge in [0.05, 0.1) is 0 Å². The van der Waals surface area contributed by atoms with Gasteiger partial charge < -0.3 is 9.80 Å². The minimum atomic E-state index is -0.972. The van der Waals surface area contributed by atoms with Crippen LogP contribution in [0, 0.1) is 5.41 Å². The summed E-state index contributed by atoms with van der Waals surface area (Å²) in [7, 11) is 0. The number of hydrogen-bond donors (Lipinski definition) is 0. The van der Waals surface area contributed by atoms with Crippen molar-refractivity contribution in [2.75, 3.05) is 45.8 Å². The van der Waals surface area contributed by atoms with Crippen molar-refractivity contribution < 1.29 is 9.59 Å². The third-order valence-electron chi connectivity index (χ3n) is 6.10. The molecule has 0 unspecified atom stereocenters. The predicted octanol–water partition coefficient (Wildman–Crippen LogP) is 3.27. The van der Waals surface area contributed by atoms with E-state index in [9.17, 15) is 9.59 Å². The third-order valence-corrected chi connectivity index (χ3v) is 6.10. The first-order chi connectivity index (χ1) is 14.0. The van der Waals surface area contributed by atoms with Gasteiger partial charge in [0.15, 0.2) is 0 Å². The topological polar surface area (TPSA) is 43.9 Å². The van der Waals surface area contributed by atoms with Gasteiger partial charge in [-0.15, -0.1) is 0 Å². The first-order valence-electron chi connectivity index (χ1n) is 11.0. The lowest BCUT2D eigenvalue weighted by Crippen LogP contribution is -2.56. The van der Waals surface area contributed by atoms with Gasteiger partial charge in [0.2, 0.25) is 11.8 Å². The van der Waals surface area contributed by atoms with Gasteiger partial charge in [-0.2, -0.15) is 0 Å². The fraction of sp³-hybridized carbons (Fsp3) is 0.583. The molecule has 0 N–H and O–H groups in total. The summed E-state index contributed by atoms with van der Waals surface area (Å²) in [6.45, 7) is 9.14. The maximum Gasteiger partial charge on any atom is 0.237 e. The quantitative estimate of drug-likeness (QED) is 0.716. The lowest BCUT2D eigenvalue weighted by molar-refractivity contribution is -0.155. The molecule has 0 aromatic heterocycles. The fourth-order valence-corrected chi connectivity index (χ4v) is 4.19. The number of likely N-dealkylation sites (tertiary alicyclic amines) is 1. The summed E-state index contributed by atoms with van der Waals surface area (Å²) in [6.07, 6.45) is 8.77. The minimum absolute atomic E-state index is 0.00220. The smallest absolute Gasteiger partial charge is 0.237 e. The Kier molecular flexibility index (Phi) is 7.48. The molecule has 29 heavy (non-hydrogen) atoms. The molecular weight excluding hydrogens is 362 g/mol. The predicted molar refractivity (Wildman–Crippen MR) is 117 cm³/mol. The maximum absolute atomic E-state index is 13.1. The van der Waals surface area contributed by atoms with E-state index in [2.05, 4.69) is 29.2 Å². The number of rotatable bonds is 5. The summed E-state index contributed by atoms with van der Waals surface area (Å²) in [5.41, 5.74) is 0.231. The van der Waals surface area contributed by atoms with Crippen LogP contribution in [0.1, 0.15) is 45.1 Å². The Morgan fingerprint density at radius 1 is 0.828 bits per heavy atom. The van der Waals surface area contributed by atoms with Crippen LogP contribution in [0.2, 0.25) is 0 Å². The van der Waals surface area contributed by atoms with Crippen molar-refractivity contribution in [3.63, 3.8) is 0 Å². The zero-order chi connectivity index (χ0) is 20.7. The van der Waals surface area contributed by atoms with Gasteiger partial charge in [-0.25, -0.2) is 0 Å². The average Bonchev–Trinajstić information content (AvgIpc) is 3.03. The molecule has 5 heteroatoms. The van der Waals surface area contributed by atoms with Crippen LogP contribution in [0.15, 0.2) is 36.4 Å². The Labute approximate surface area is 175 Å². The van der Waals surface area contributed by atoms with E-state index in [1.165, 1.54) is 18.4 Å². The van der Waals surface area contributed by atoms with Gasteiger partial charge in [0.1, 0.15) is 5.41 Å². The van der Waals surface area contributed by atoms with Crippen molar-refractivity contribution in [2.45, 2.75) is 39.5 Å². The summed E-state index contributed by atoms with van der Waals surface area (Å²) in [5, 5.41) is 0. The van der Waals surface area contributed by atoms with Gasteiger partial charge in [-0.3, -0.25) is 14.5 Å². The summed E-state index contributed by atoms with van der Waals surface area (Å²) >= 11 is 0. The van der Waals surface area contributed by atoms with E-state index >= 15 is 0 Å². The Balaban J connectivity index is 1.49. The van der Waals surface area contributed by atoms with Gasteiger partial charge >= 0.3 is 0 Å². The molecule has 1 aromatic rings. The maximum atomic E-state index is 13.1. The molecule has 158 valence electrons. The minimum Gasteiger partial charge on any atom is -0.342 e. The van der Waals surface area contributed by atoms with Crippen LogP contribution in [0.25, 0.3) is 6.08 Å². The Hall–Kier alpha value is -2.14. The second-order valence-corrected chi connectivity index (χ2v) is 8.74. The molecule has 2 aliphatic rings. The molecule has 0 saturated carbocycles. The van der Waals surface area contributed by atoms with Crippen LogP contribution >= 0.6 is 0 Å². The van der Waals surface area contributed by atoms with Gasteiger partial charge in [-0.1, -0.05) is 55.3 Å². The van der Waals surface area contributed by atoms with E-state index in [1.807, 2.05) is 28.0 Å². The van der Waals surface area contributed by atoms with Crippen molar-refractivity contribution in [3.8, 4) is 0 Å². The molecule has 5 nitrogen and oxygen atoms in total. The zero-order valence-electron chi connectivity index (χ0n) is 18.0. The highest BCUT2D eigenvalue weighted by molar-refractivity contribution is 6.04. The summed E-state index contributed by atoms with van der Waals surface area (Å²) in [5.74, 6) is -0.0242. The molecule has 1 aromatic carbocycles. The zero-order valence-corrected chi connectivity index (χ0v) is 18.0. The van der Waals surface area contributed by atoms with Crippen LogP contribution < -0.4 is 0 Å². The number of benzene rings is 1. The lowest BCUT2D eigenvalue weighted by atomic mass is 9.89. The summed E-state index contributed by atoms with van der Waals surface area (Å²) in [4.78, 5) is 32.3. The van der Waals surface area contributed by atoms with Crippen LogP contribution in [0.4, 0.5) is 0 Å². The Morgan fingerprint density at radius 3 is 1.97 bits per heavy atom. The number of nitrogens with zero attached hydrogens (tertiary/aromatic N) is 3. The highest BCUT2D eigenvalue weighted by atomic mass is 16.2. The number of piperazine rings is 1. The molecule has 0 radical (unpaired) electrons. The monoisotopic (exact) mass is 397 g/mol. The molecule has 0 bridgehead atoms. The third kappa shape index (κ3) is 5.69. The van der Waals surface area contributed by atoms with Gasteiger partial charge in [-0.05, 0) is 32.3 Å². The van der Waals surface area contributed by atoms with Crippen molar-refractivity contribution in [1.29, 1.82) is 0 Å². The molecule has 2 aliphatic heterocycles. The second-order valence-electron chi connectivity index (χ2n) is 8.74. The average molecular weight is 398 g/mol. The van der Waals surface area contributed by atoms with E-state index in [0.717, 1.165) is 45.6 Å². The SMILES string of the molecule is CC(C)(C(=O)N1CCCCCC1)C(=O)N1CCN(C/C=C/c2ccccc2)CC1. The first kappa shape index (κ1) is 21.6. The molecule has 2 saturated heterocycles. The molecule has 3 rings (SSSR count). The van der Waals surface area contributed by atoms with Gasteiger partial charge in [0, 0.05) is 45.8 Å². The number of hydrogen-bond acceptors (Lipinski definition) is 3. The van der Waals surface area contributed by atoms with E-state index < -0.39 is 5.41 Å². The van der Waals surface area contributed by atoms with Crippen LogP contribution in [-0.2, 0) is 9.59 Å². The largest absolute Gasteiger partial charge is 0.342 e. The van der Waals surface area contributed by atoms with E-state index in [1.54, 1.807) is 13.8 Å². The van der Waals surface area contributed by atoms with Crippen molar-refractivity contribution in [3.05, 3.63) is 42.0 Å². The fourth-order valence-electron chi connectivity index (χ4n) is 4.19. The van der Waals surface area contributed by atoms with Crippen molar-refractivity contribution in [1.82, 2.24) is 14.7 Å². The summed E-state index contributed by atoms with van der Waals surface area (Å²) in [6, 6.07) is 10.3. The van der Waals surface area contributed by atoms with Crippen molar-refractivity contribution >= 4 is 17.9 Å². The Bertz CT molecular complexity index is 698. The van der Waals surface area contributed by atoms with E-state index in [0.29, 0.717) is 13.1 Å². The molecular formula is C24H35N3O2. The van der Waals surface area contributed by atoms with Gasteiger partial charge in [0.25, 0.3) is 0 Å². The molecule has 0 spiro atoms. The standard InChI is InChI=1S/C24H35N3O2/c1-24(2,22(28)26-15-8-3-4-9-16-26)23(29)27-19-17-25(18-20-27)14-10-13-21-11-6-5-7-12-21/h5-7,10-13H,3-4,8-9,14-20H2,1-2H3/b13-10+. The highest BCUT2D eigenvalue weighted by Crippen LogP contribution is 2.25. The molecule has 0 atom stereocenters. The lowest BCUT2D eigenvalue weighted by Gasteiger charge is -2.39. The molecule has 0 aliphatic carbocycles. The molecule has 2 amide bonds. The van der Waals surface area contributed by atoms with E-state index in [4.69, 9.17) is 0 Å². The molecule has 2 fully saturated rings. The Morgan fingerprint density at radius 2 is 1.38 bits per heavy atom. The number of carbonyl (C=O) groups is 2. The number of carbonyl (C=O) groups excluding carboxylic acids is 2. The van der Waals surface area contributed by atoms with Crippen LogP contribution in [-0.4, -0.2) is 72.3 Å². The second kappa shape index (κ2) is 10.1.